The van der Waals surface area contributed by atoms with Crippen molar-refractivity contribution in [3.05, 3.63) is 35.4 Å². The molecule has 0 spiro atoms. The average Bonchev–Trinajstić information content (AvgIpc) is 2.42. The predicted molar refractivity (Wildman–Crippen MR) is 86.0 cm³/mol. The maximum absolute atomic E-state index is 10.1. The van der Waals surface area contributed by atoms with Crippen molar-refractivity contribution in [2.45, 2.75) is 38.7 Å². The van der Waals surface area contributed by atoms with E-state index in [1.807, 2.05) is 23.9 Å². The Labute approximate surface area is 122 Å². The van der Waals surface area contributed by atoms with Crippen LogP contribution < -0.4 is 5.32 Å². The van der Waals surface area contributed by atoms with E-state index in [4.69, 9.17) is 0 Å². The van der Waals surface area contributed by atoms with E-state index in [9.17, 15) is 5.11 Å². The topological polar surface area (TPSA) is 32.3 Å². The standard InChI is InChI=1S/C16H27NOS/c1-13(2)14-6-8-15(9-7-14)16(18)12-17-10-4-5-11-19-3/h6-9,13,16-18H,4-5,10-12H2,1-3H3. The molecule has 1 unspecified atom stereocenters. The lowest BCUT2D eigenvalue weighted by Gasteiger charge is -2.13. The minimum absolute atomic E-state index is 0.401. The fraction of sp³-hybridized carbons (Fsp3) is 0.625. The van der Waals surface area contributed by atoms with Gasteiger partial charge in [-0.3, -0.25) is 0 Å². The molecule has 0 radical (unpaired) electrons. The first-order valence-corrected chi connectivity index (χ1v) is 8.52. The average molecular weight is 281 g/mol. The number of thioether (sulfide) groups is 1. The van der Waals surface area contributed by atoms with Gasteiger partial charge in [0.05, 0.1) is 6.10 Å². The van der Waals surface area contributed by atoms with E-state index in [2.05, 4.69) is 37.6 Å². The zero-order valence-corrected chi connectivity index (χ0v) is 13.2. The summed E-state index contributed by atoms with van der Waals surface area (Å²) >= 11 is 1.89. The largest absolute Gasteiger partial charge is 0.387 e. The molecule has 0 fully saturated rings. The van der Waals surface area contributed by atoms with Gasteiger partial charge in [0.1, 0.15) is 0 Å². The molecule has 108 valence electrons. The summed E-state index contributed by atoms with van der Waals surface area (Å²) in [6.45, 7) is 5.99. The Morgan fingerprint density at radius 3 is 2.32 bits per heavy atom. The molecular formula is C16H27NOS. The molecule has 0 bridgehead atoms. The first-order valence-electron chi connectivity index (χ1n) is 7.12. The van der Waals surface area contributed by atoms with Gasteiger partial charge in [0.25, 0.3) is 0 Å². The van der Waals surface area contributed by atoms with Gasteiger partial charge in [-0.2, -0.15) is 11.8 Å². The molecular weight excluding hydrogens is 254 g/mol. The molecule has 1 aromatic carbocycles. The lowest BCUT2D eigenvalue weighted by atomic mass is 10.00. The van der Waals surface area contributed by atoms with Gasteiger partial charge in [0.15, 0.2) is 0 Å². The fourth-order valence-electron chi connectivity index (χ4n) is 1.96. The summed E-state index contributed by atoms with van der Waals surface area (Å²) in [5.41, 5.74) is 2.32. The van der Waals surface area contributed by atoms with Crippen molar-refractivity contribution in [3.63, 3.8) is 0 Å². The third kappa shape index (κ3) is 6.46. The van der Waals surface area contributed by atoms with Crippen molar-refractivity contribution in [1.29, 1.82) is 0 Å². The maximum Gasteiger partial charge on any atom is 0.0914 e. The van der Waals surface area contributed by atoms with E-state index in [-0.39, 0.29) is 0 Å². The lowest BCUT2D eigenvalue weighted by Crippen LogP contribution is -2.22. The first kappa shape index (κ1) is 16.5. The number of unbranched alkanes of at least 4 members (excludes halogenated alkanes) is 1. The van der Waals surface area contributed by atoms with E-state index in [1.54, 1.807) is 0 Å². The molecule has 1 rings (SSSR count). The highest BCUT2D eigenvalue weighted by molar-refractivity contribution is 7.98. The summed E-state index contributed by atoms with van der Waals surface area (Å²) in [6.07, 6.45) is 4.16. The normalized spacial score (nSPS) is 12.9. The third-order valence-electron chi connectivity index (χ3n) is 3.28. The van der Waals surface area contributed by atoms with Crippen LogP contribution in [0.25, 0.3) is 0 Å². The third-order valence-corrected chi connectivity index (χ3v) is 3.97. The van der Waals surface area contributed by atoms with Gasteiger partial charge in [-0.15, -0.1) is 0 Å². The van der Waals surface area contributed by atoms with E-state index >= 15 is 0 Å². The molecule has 0 aromatic heterocycles. The van der Waals surface area contributed by atoms with Crippen LogP contribution in [-0.2, 0) is 0 Å². The van der Waals surface area contributed by atoms with Crippen molar-refractivity contribution in [2.75, 3.05) is 25.1 Å². The Morgan fingerprint density at radius 2 is 1.74 bits per heavy atom. The zero-order chi connectivity index (χ0) is 14.1. The minimum Gasteiger partial charge on any atom is -0.387 e. The quantitative estimate of drug-likeness (QED) is 0.679. The van der Waals surface area contributed by atoms with Crippen molar-refractivity contribution in [2.24, 2.45) is 0 Å². The van der Waals surface area contributed by atoms with Gasteiger partial charge < -0.3 is 10.4 Å². The number of nitrogens with one attached hydrogen (secondary N) is 1. The van der Waals surface area contributed by atoms with Crippen molar-refractivity contribution in [3.8, 4) is 0 Å². The summed E-state index contributed by atoms with van der Waals surface area (Å²) in [5, 5.41) is 13.4. The molecule has 0 heterocycles. The molecule has 2 nitrogen and oxygen atoms in total. The predicted octanol–water partition coefficient (Wildman–Crippen LogP) is 3.58. The van der Waals surface area contributed by atoms with Crippen LogP contribution in [0, 0.1) is 0 Å². The number of hydrogen-bond donors (Lipinski definition) is 2. The molecule has 0 aliphatic heterocycles. The number of benzene rings is 1. The zero-order valence-electron chi connectivity index (χ0n) is 12.4. The van der Waals surface area contributed by atoms with Crippen LogP contribution >= 0.6 is 11.8 Å². The molecule has 2 N–H and O–H groups in total. The van der Waals surface area contributed by atoms with Crippen LogP contribution in [0.2, 0.25) is 0 Å². The SMILES string of the molecule is CSCCCCNCC(O)c1ccc(C(C)C)cc1. The maximum atomic E-state index is 10.1. The van der Waals surface area contributed by atoms with E-state index in [0.717, 1.165) is 12.1 Å². The molecule has 1 aromatic rings. The van der Waals surface area contributed by atoms with Crippen LogP contribution in [-0.4, -0.2) is 30.2 Å². The Balaban J connectivity index is 2.27. The summed E-state index contributed by atoms with van der Waals surface area (Å²) in [4.78, 5) is 0. The highest BCUT2D eigenvalue weighted by Crippen LogP contribution is 2.18. The van der Waals surface area contributed by atoms with Crippen LogP contribution in [0.4, 0.5) is 0 Å². The molecule has 19 heavy (non-hydrogen) atoms. The Hall–Kier alpha value is -0.510. The van der Waals surface area contributed by atoms with Gasteiger partial charge in [-0.25, -0.2) is 0 Å². The Bertz CT molecular complexity index is 337. The van der Waals surface area contributed by atoms with Crippen LogP contribution in [0.1, 0.15) is 49.8 Å². The van der Waals surface area contributed by atoms with E-state index in [1.165, 1.54) is 24.2 Å². The Kier molecular flexibility index (Phi) is 8.19. The molecule has 3 heteroatoms. The van der Waals surface area contributed by atoms with E-state index < -0.39 is 6.10 Å². The highest BCUT2D eigenvalue weighted by atomic mass is 32.2. The van der Waals surface area contributed by atoms with Gasteiger partial charge in [-0.1, -0.05) is 38.1 Å². The van der Waals surface area contributed by atoms with Crippen LogP contribution in [0.3, 0.4) is 0 Å². The van der Waals surface area contributed by atoms with E-state index in [0.29, 0.717) is 12.5 Å². The second-order valence-electron chi connectivity index (χ2n) is 5.24. The van der Waals surface area contributed by atoms with Gasteiger partial charge in [0, 0.05) is 6.54 Å². The van der Waals surface area contributed by atoms with Gasteiger partial charge >= 0.3 is 0 Å². The smallest absolute Gasteiger partial charge is 0.0914 e. The first-order chi connectivity index (χ1) is 9.15. The monoisotopic (exact) mass is 281 g/mol. The number of hydrogen-bond acceptors (Lipinski definition) is 3. The highest BCUT2D eigenvalue weighted by Gasteiger charge is 2.07. The van der Waals surface area contributed by atoms with Crippen molar-refractivity contribution < 1.29 is 5.11 Å². The second kappa shape index (κ2) is 9.40. The molecule has 0 aliphatic rings. The number of aliphatic hydroxyl groups excluding tert-OH is 1. The molecule has 0 saturated carbocycles. The lowest BCUT2D eigenvalue weighted by molar-refractivity contribution is 0.175. The second-order valence-corrected chi connectivity index (χ2v) is 6.23. The summed E-state index contributed by atoms with van der Waals surface area (Å²) < 4.78 is 0. The summed E-state index contributed by atoms with van der Waals surface area (Å²) in [7, 11) is 0. The van der Waals surface area contributed by atoms with Crippen molar-refractivity contribution >= 4 is 11.8 Å². The molecule has 0 amide bonds. The Morgan fingerprint density at radius 1 is 1.11 bits per heavy atom. The molecule has 0 saturated heterocycles. The van der Waals surface area contributed by atoms with Crippen molar-refractivity contribution in [1.82, 2.24) is 5.32 Å². The molecule has 1 atom stereocenters. The van der Waals surface area contributed by atoms with Gasteiger partial charge in [-0.05, 0) is 48.4 Å². The summed E-state index contributed by atoms with van der Waals surface area (Å²) in [5.74, 6) is 1.77. The minimum atomic E-state index is -0.401. The van der Waals surface area contributed by atoms with Crippen LogP contribution in [0.5, 0.6) is 0 Å². The fourth-order valence-corrected chi connectivity index (χ4v) is 2.45. The molecule has 0 aliphatic carbocycles. The number of aliphatic hydroxyl groups is 1. The van der Waals surface area contributed by atoms with Gasteiger partial charge in [0.2, 0.25) is 0 Å². The number of rotatable bonds is 9. The van der Waals surface area contributed by atoms with Crippen LogP contribution in [0.15, 0.2) is 24.3 Å². The summed E-state index contributed by atoms with van der Waals surface area (Å²) in [6, 6.07) is 8.30.